The van der Waals surface area contributed by atoms with E-state index in [1.165, 1.54) is 12.8 Å². The van der Waals surface area contributed by atoms with Crippen molar-refractivity contribution in [1.82, 2.24) is 9.80 Å². The number of carboxylic acids is 1. The summed E-state index contributed by atoms with van der Waals surface area (Å²) in [5.74, 6) is -0.396. The van der Waals surface area contributed by atoms with E-state index in [0.717, 1.165) is 38.6 Å². The van der Waals surface area contributed by atoms with Gasteiger partial charge in [-0.2, -0.15) is 0 Å². The average Bonchev–Trinajstić information content (AvgIpc) is 3.22. The zero-order chi connectivity index (χ0) is 14.5. The van der Waals surface area contributed by atoms with Gasteiger partial charge in [0, 0.05) is 19.1 Å². The molecule has 0 spiro atoms. The number of carbonyl (C=O) groups excluding carboxylic acids is 1. The molecule has 1 atom stereocenters. The molecule has 114 valence electrons. The highest BCUT2D eigenvalue weighted by atomic mass is 16.4. The molecule has 1 unspecified atom stereocenters. The fraction of sp³-hybridized carbons (Fsp3) is 0.867. The van der Waals surface area contributed by atoms with E-state index in [2.05, 4.69) is 6.92 Å². The molecule has 2 amide bonds. The second-order valence-corrected chi connectivity index (χ2v) is 6.11. The first kappa shape index (κ1) is 15.1. The summed E-state index contributed by atoms with van der Waals surface area (Å²) < 4.78 is 0. The van der Waals surface area contributed by atoms with Crippen LogP contribution < -0.4 is 0 Å². The second kappa shape index (κ2) is 6.95. The zero-order valence-electron chi connectivity index (χ0n) is 12.4. The zero-order valence-corrected chi connectivity index (χ0v) is 12.4. The molecule has 1 saturated carbocycles. The standard InChI is InChI=1S/C15H26N2O3/c1-2-13-6-4-3-5-9-17(13)15(20)16(11-14(18)19)10-12-7-8-12/h12-13H,2-11H2,1H3,(H,18,19). The van der Waals surface area contributed by atoms with E-state index < -0.39 is 5.97 Å². The minimum Gasteiger partial charge on any atom is -0.480 e. The van der Waals surface area contributed by atoms with Crippen LogP contribution in [-0.2, 0) is 4.79 Å². The third-order valence-corrected chi connectivity index (χ3v) is 4.37. The monoisotopic (exact) mass is 282 g/mol. The molecule has 1 N–H and O–H groups in total. The van der Waals surface area contributed by atoms with Crippen LogP contribution >= 0.6 is 0 Å². The van der Waals surface area contributed by atoms with E-state index in [1.54, 1.807) is 4.90 Å². The summed E-state index contributed by atoms with van der Waals surface area (Å²) in [6.07, 6.45) is 7.63. The van der Waals surface area contributed by atoms with Crippen LogP contribution in [0.15, 0.2) is 0 Å². The fourth-order valence-electron chi connectivity index (χ4n) is 3.02. The van der Waals surface area contributed by atoms with Gasteiger partial charge in [-0.25, -0.2) is 4.79 Å². The number of aliphatic carboxylic acids is 1. The van der Waals surface area contributed by atoms with Crippen molar-refractivity contribution in [2.45, 2.75) is 57.9 Å². The smallest absolute Gasteiger partial charge is 0.323 e. The fourth-order valence-corrected chi connectivity index (χ4v) is 3.02. The highest BCUT2D eigenvalue weighted by Gasteiger charge is 2.32. The summed E-state index contributed by atoms with van der Waals surface area (Å²) in [5, 5.41) is 9.03. The van der Waals surface area contributed by atoms with Crippen molar-refractivity contribution in [3.8, 4) is 0 Å². The Balaban J connectivity index is 2.04. The van der Waals surface area contributed by atoms with Gasteiger partial charge in [0.25, 0.3) is 0 Å². The largest absolute Gasteiger partial charge is 0.480 e. The number of carbonyl (C=O) groups is 2. The van der Waals surface area contributed by atoms with Crippen LogP contribution in [0.2, 0.25) is 0 Å². The van der Waals surface area contributed by atoms with E-state index >= 15 is 0 Å². The Morgan fingerprint density at radius 2 is 1.95 bits per heavy atom. The summed E-state index contributed by atoms with van der Waals surface area (Å²) in [5.41, 5.74) is 0. The second-order valence-electron chi connectivity index (χ2n) is 6.11. The first-order valence-electron chi connectivity index (χ1n) is 7.89. The highest BCUT2D eigenvalue weighted by molar-refractivity contribution is 5.80. The van der Waals surface area contributed by atoms with Crippen molar-refractivity contribution in [3.63, 3.8) is 0 Å². The lowest BCUT2D eigenvalue weighted by Gasteiger charge is -2.34. The molecule has 1 saturated heterocycles. The average molecular weight is 282 g/mol. The number of carboxylic acid groups (broad SMARTS) is 1. The van der Waals surface area contributed by atoms with Gasteiger partial charge in [0.2, 0.25) is 0 Å². The van der Waals surface area contributed by atoms with E-state index in [9.17, 15) is 9.59 Å². The summed E-state index contributed by atoms with van der Waals surface area (Å²) in [6, 6.07) is 0.216. The molecular formula is C15H26N2O3. The molecule has 2 fully saturated rings. The van der Waals surface area contributed by atoms with Crippen LogP contribution in [0.25, 0.3) is 0 Å². The van der Waals surface area contributed by atoms with Gasteiger partial charge >= 0.3 is 12.0 Å². The van der Waals surface area contributed by atoms with Gasteiger partial charge in [0.15, 0.2) is 0 Å². The molecule has 5 nitrogen and oxygen atoms in total. The topological polar surface area (TPSA) is 60.9 Å². The first-order valence-corrected chi connectivity index (χ1v) is 7.89. The quantitative estimate of drug-likeness (QED) is 0.843. The summed E-state index contributed by atoms with van der Waals surface area (Å²) in [4.78, 5) is 27.2. The maximum Gasteiger partial charge on any atom is 0.323 e. The molecule has 0 bridgehead atoms. The van der Waals surface area contributed by atoms with Crippen molar-refractivity contribution in [3.05, 3.63) is 0 Å². The molecule has 20 heavy (non-hydrogen) atoms. The van der Waals surface area contributed by atoms with Gasteiger partial charge in [-0.15, -0.1) is 0 Å². The normalized spacial score (nSPS) is 23.2. The third kappa shape index (κ3) is 4.12. The minimum atomic E-state index is -0.915. The van der Waals surface area contributed by atoms with E-state index in [0.29, 0.717) is 12.5 Å². The molecule has 2 rings (SSSR count). The molecule has 0 aromatic rings. The molecular weight excluding hydrogens is 256 g/mol. The van der Waals surface area contributed by atoms with Crippen molar-refractivity contribution in [2.24, 2.45) is 5.92 Å². The number of amides is 2. The predicted octanol–water partition coefficient (Wildman–Crippen LogP) is 2.56. The van der Waals surface area contributed by atoms with Gasteiger partial charge in [0.1, 0.15) is 6.54 Å². The summed E-state index contributed by atoms with van der Waals surface area (Å²) in [7, 11) is 0. The Morgan fingerprint density at radius 1 is 1.20 bits per heavy atom. The van der Waals surface area contributed by atoms with Gasteiger partial charge in [-0.05, 0) is 38.0 Å². The van der Waals surface area contributed by atoms with Crippen molar-refractivity contribution in [1.29, 1.82) is 0 Å². The van der Waals surface area contributed by atoms with Crippen molar-refractivity contribution >= 4 is 12.0 Å². The Kier molecular flexibility index (Phi) is 5.26. The SMILES string of the molecule is CCC1CCCCCN1C(=O)N(CC(=O)O)CC1CC1. The Bertz CT molecular complexity index is 355. The lowest BCUT2D eigenvalue weighted by atomic mass is 10.1. The summed E-state index contributed by atoms with van der Waals surface area (Å²) >= 11 is 0. The first-order chi connectivity index (χ1) is 9.61. The number of hydrogen-bond acceptors (Lipinski definition) is 2. The lowest BCUT2D eigenvalue weighted by Crippen LogP contribution is -2.50. The summed E-state index contributed by atoms with van der Waals surface area (Å²) in [6.45, 7) is 3.33. The van der Waals surface area contributed by atoms with Crippen LogP contribution in [-0.4, -0.2) is 52.6 Å². The Labute approximate surface area is 120 Å². The number of nitrogens with zero attached hydrogens (tertiary/aromatic N) is 2. The van der Waals surface area contributed by atoms with Crippen LogP contribution in [0.1, 0.15) is 51.9 Å². The van der Waals surface area contributed by atoms with E-state index in [1.807, 2.05) is 4.90 Å². The van der Waals surface area contributed by atoms with Crippen molar-refractivity contribution in [2.75, 3.05) is 19.6 Å². The van der Waals surface area contributed by atoms with Crippen LogP contribution in [0.3, 0.4) is 0 Å². The van der Waals surface area contributed by atoms with Crippen molar-refractivity contribution < 1.29 is 14.7 Å². The molecule has 1 aliphatic heterocycles. The molecule has 1 aliphatic carbocycles. The molecule has 5 heteroatoms. The number of urea groups is 1. The third-order valence-electron chi connectivity index (χ3n) is 4.37. The van der Waals surface area contributed by atoms with Crippen LogP contribution in [0.4, 0.5) is 4.79 Å². The maximum atomic E-state index is 12.7. The van der Waals surface area contributed by atoms with Gasteiger partial charge in [0.05, 0.1) is 0 Å². The van der Waals surface area contributed by atoms with E-state index in [-0.39, 0.29) is 18.6 Å². The number of hydrogen-bond donors (Lipinski definition) is 1. The molecule has 1 heterocycles. The molecule has 0 radical (unpaired) electrons. The van der Waals surface area contributed by atoms with Gasteiger partial charge in [-0.1, -0.05) is 19.8 Å². The highest BCUT2D eigenvalue weighted by Crippen LogP contribution is 2.30. The van der Waals surface area contributed by atoms with E-state index in [4.69, 9.17) is 5.11 Å². The van der Waals surface area contributed by atoms with Crippen LogP contribution in [0.5, 0.6) is 0 Å². The van der Waals surface area contributed by atoms with Gasteiger partial charge < -0.3 is 14.9 Å². The van der Waals surface area contributed by atoms with Crippen LogP contribution in [0, 0.1) is 5.92 Å². The maximum absolute atomic E-state index is 12.7. The molecule has 2 aliphatic rings. The predicted molar refractivity (Wildman–Crippen MR) is 76.6 cm³/mol. The number of likely N-dealkylation sites (tertiary alicyclic amines) is 1. The Hall–Kier alpha value is -1.26. The molecule has 0 aromatic carbocycles. The Morgan fingerprint density at radius 3 is 2.55 bits per heavy atom. The minimum absolute atomic E-state index is 0.0620. The molecule has 0 aromatic heterocycles. The van der Waals surface area contributed by atoms with Gasteiger partial charge in [-0.3, -0.25) is 4.79 Å². The lowest BCUT2D eigenvalue weighted by molar-refractivity contribution is -0.137. The number of rotatable bonds is 5.